The van der Waals surface area contributed by atoms with E-state index >= 15 is 0 Å². The Morgan fingerprint density at radius 1 is 0.578 bits per heavy atom. The monoisotopic (exact) mass is 848 g/mol. The molecule has 5 nitrogen and oxygen atoms in total. The van der Waals surface area contributed by atoms with Crippen molar-refractivity contribution in [1.29, 1.82) is 0 Å². The molecule has 0 bridgehead atoms. The van der Waals surface area contributed by atoms with Gasteiger partial charge in [0.1, 0.15) is 0 Å². The van der Waals surface area contributed by atoms with Crippen molar-refractivity contribution in [2.75, 3.05) is 21.2 Å². The number of aryl methyl sites for hydroxylation is 1. The molecule has 1 aliphatic heterocycles. The van der Waals surface area contributed by atoms with Gasteiger partial charge in [-0.3, -0.25) is 0 Å². The molecule has 5 heteroatoms. The molecule has 330 valence electrons. The highest BCUT2D eigenvalue weighted by molar-refractivity contribution is 5.70. The standard InChI is InChI=1S/C59H69N5/c1-3-45-17-14-26-57(41-45)63(48-21-9-5-10-22-48)54-36-30-51(31-37-54)61(50-28-34-53(35-29-50)62(47-19-7-4-8-20-47)56-25-13-16-44(2)40-56)52-32-38-55(39-33-52)64(49-23-11-6-12-24-49)58-27-15-18-46(42-58)59-43-60-59/h4-7,9,11-13,15-16,18,23-25,27-29,32-36,38,40-42,47-48,51,55,57,59-60H,3,8,10,14,17,19-22,26,30-31,37,39,43H2,1-2H3. The molecule has 6 unspecified atom stereocenters. The molecular weight excluding hydrogens is 779 g/mol. The van der Waals surface area contributed by atoms with E-state index in [0.29, 0.717) is 30.2 Å². The highest BCUT2D eigenvalue weighted by Crippen LogP contribution is 2.41. The van der Waals surface area contributed by atoms with Gasteiger partial charge in [0.25, 0.3) is 0 Å². The molecule has 1 N–H and O–H groups in total. The summed E-state index contributed by atoms with van der Waals surface area (Å²) in [7, 11) is 0. The van der Waals surface area contributed by atoms with Crippen molar-refractivity contribution in [2.24, 2.45) is 0 Å². The summed E-state index contributed by atoms with van der Waals surface area (Å²) >= 11 is 0. The zero-order valence-corrected chi connectivity index (χ0v) is 38.4. The lowest BCUT2D eigenvalue weighted by Crippen LogP contribution is -2.45. The number of nitrogens with one attached hydrogen (secondary N) is 1. The zero-order chi connectivity index (χ0) is 43.2. The first-order chi connectivity index (χ1) is 31.6. The minimum absolute atomic E-state index is 0.206. The molecule has 1 heterocycles. The highest BCUT2D eigenvalue weighted by atomic mass is 15.2. The van der Waals surface area contributed by atoms with Gasteiger partial charge in [0.05, 0.1) is 6.04 Å². The van der Waals surface area contributed by atoms with E-state index in [9.17, 15) is 0 Å². The first-order valence-electron chi connectivity index (χ1n) is 24.9. The Balaban J connectivity index is 0.978. The fourth-order valence-corrected chi connectivity index (χ4v) is 11.5. The van der Waals surface area contributed by atoms with Crippen molar-refractivity contribution < 1.29 is 0 Å². The van der Waals surface area contributed by atoms with E-state index in [0.717, 1.165) is 45.1 Å². The van der Waals surface area contributed by atoms with Crippen molar-refractivity contribution in [3.8, 4) is 0 Å². The Morgan fingerprint density at radius 2 is 1.27 bits per heavy atom. The molecule has 0 radical (unpaired) electrons. The molecule has 4 aromatic carbocycles. The van der Waals surface area contributed by atoms with Gasteiger partial charge in [-0.2, -0.15) is 0 Å². The highest BCUT2D eigenvalue weighted by Gasteiger charge is 2.34. The van der Waals surface area contributed by atoms with Crippen LogP contribution >= 0.6 is 0 Å². The van der Waals surface area contributed by atoms with Gasteiger partial charge >= 0.3 is 0 Å². The van der Waals surface area contributed by atoms with Crippen LogP contribution in [0.25, 0.3) is 0 Å². The third kappa shape index (κ3) is 9.47. The van der Waals surface area contributed by atoms with Crippen LogP contribution in [0.1, 0.15) is 114 Å². The summed E-state index contributed by atoms with van der Waals surface area (Å²) in [6, 6.07) is 41.5. The van der Waals surface area contributed by atoms with Crippen LogP contribution in [0.4, 0.5) is 28.4 Å². The van der Waals surface area contributed by atoms with Crippen LogP contribution in [0.5, 0.6) is 0 Å². The maximum absolute atomic E-state index is 3.52. The number of hydrogen-bond acceptors (Lipinski definition) is 5. The Morgan fingerprint density at radius 3 is 1.92 bits per heavy atom. The number of rotatable bonds is 14. The number of allylic oxidation sites excluding steroid dienone is 5. The van der Waals surface area contributed by atoms with E-state index in [4.69, 9.17) is 0 Å². The fourth-order valence-electron chi connectivity index (χ4n) is 11.5. The summed E-state index contributed by atoms with van der Waals surface area (Å²) in [5.41, 5.74) is 13.6. The molecule has 4 aromatic rings. The molecule has 1 saturated heterocycles. The molecule has 6 aliphatic rings. The average Bonchev–Trinajstić information content (AvgIpc) is 4.21. The van der Waals surface area contributed by atoms with Crippen LogP contribution in [0.15, 0.2) is 175 Å². The quantitative estimate of drug-likeness (QED) is 0.101. The van der Waals surface area contributed by atoms with Gasteiger partial charge in [-0.05, 0) is 175 Å². The van der Waals surface area contributed by atoms with Gasteiger partial charge in [0.2, 0.25) is 0 Å². The zero-order valence-electron chi connectivity index (χ0n) is 38.4. The fraction of sp³-hybridized carbons (Fsp3) is 0.390. The SMILES string of the molecule is CCC1=CC(N(C2=CCC(N(C3=CCC(N(c4ccccc4)c4cccc(C5CN5)c4)C=C3)c3ccc(N(c4cccc(C)c4)C4CC=CCC4)cc3)CC2)C2CC=CCC2)CCC1. The lowest BCUT2D eigenvalue weighted by molar-refractivity contribution is 0.174. The van der Waals surface area contributed by atoms with E-state index < -0.39 is 0 Å². The summed E-state index contributed by atoms with van der Waals surface area (Å²) in [5.74, 6) is 0. The third-order valence-corrected chi connectivity index (χ3v) is 14.9. The molecule has 10 rings (SSSR count). The molecule has 0 spiro atoms. The predicted molar refractivity (Wildman–Crippen MR) is 271 cm³/mol. The summed E-state index contributed by atoms with van der Waals surface area (Å²) in [5, 5.41) is 3.52. The molecular formula is C59H69N5. The number of para-hydroxylation sites is 1. The minimum atomic E-state index is 0.206. The number of nitrogens with zero attached hydrogens (tertiary/aromatic N) is 4. The van der Waals surface area contributed by atoms with Gasteiger partial charge in [0.15, 0.2) is 0 Å². The van der Waals surface area contributed by atoms with Crippen LogP contribution in [0.3, 0.4) is 0 Å². The third-order valence-electron chi connectivity index (χ3n) is 14.9. The van der Waals surface area contributed by atoms with Crippen molar-refractivity contribution >= 4 is 28.4 Å². The largest absolute Gasteiger partial charge is 0.365 e. The lowest BCUT2D eigenvalue weighted by atomic mass is 9.87. The first-order valence-corrected chi connectivity index (χ1v) is 24.9. The van der Waals surface area contributed by atoms with Crippen molar-refractivity contribution in [1.82, 2.24) is 10.2 Å². The normalized spacial score (nSPS) is 25.2. The second-order valence-electron chi connectivity index (χ2n) is 19.2. The molecule has 64 heavy (non-hydrogen) atoms. The molecule has 0 aromatic heterocycles. The first kappa shape index (κ1) is 42.4. The molecule has 1 fully saturated rings. The molecule has 5 aliphatic carbocycles. The van der Waals surface area contributed by atoms with Crippen molar-refractivity contribution in [3.63, 3.8) is 0 Å². The maximum atomic E-state index is 3.52. The Labute approximate surface area is 384 Å². The Kier molecular flexibility index (Phi) is 13.1. The number of hydrogen-bond donors (Lipinski definition) is 1. The predicted octanol–water partition coefficient (Wildman–Crippen LogP) is 14.5. The summed E-state index contributed by atoms with van der Waals surface area (Å²) in [4.78, 5) is 10.8. The van der Waals surface area contributed by atoms with Gasteiger partial charge < -0.3 is 24.9 Å². The molecule has 6 atom stereocenters. The van der Waals surface area contributed by atoms with Gasteiger partial charge in [-0.25, -0.2) is 0 Å². The average molecular weight is 848 g/mol. The molecule has 0 saturated carbocycles. The van der Waals surface area contributed by atoms with Crippen molar-refractivity contribution in [3.05, 3.63) is 186 Å². The van der Waals surface area contributed by atoms with Gasteiger partial charge in [0, 0.05) is 76.6 Å². The van der Waals surface area contributed by atoms with E-state index in [1.807, 2.05) is 0 Å². The van der Waals surface area contributed by atoms with E-state index in [-0.39, 0.29) is 6.04 Å². The van der Waals surface area contributed by atoms with Crippen LogP contribution < -0.4 is 20.0 Å². The number of benzene rings is 4. The van der Waals surface area contributed by atoms with Gasteiger partial charge in [-0.15, -0.1) is 0 Å². The molecule has 0 amide bonds. The van der Waals surface area contributed by atoms with Crippen molar-refractivity contribution in [2.45, 2.75) is 140 Å². The summed E-state index contributed by atoms with van der Waals surface area (Å²) in [6.07, 6.45) is 38.7. The maximum Gasteiger partial charge on any atom is 0.0561 e. The Hall–Kier alpha value is -5.52. The Bertz CT molecular complexity index is 2400. The topological polar surface area (TPSA) is 34.9 Å². The smallest absolute Gasteiger partial charge is 0.0561 e. The van der Waals surface area contributed by atoms with E-state index in [1.54, 1.807) is 11.3 Å². The number of anilines is 5. The van der Waals surface area contributed by atoms with Crippen LogP contribution in [0, 0.1) is 6.92 Å². The summed E-state index contributed by atoms with van der Waals surface area (Å²) < 4.78 is 0. The van der Waals surface area contributed by atoms with Crippen LogP contribution in [-0.4, -0.2) is 41.7 Å². The van der Waals surface area contributed by atoms with Crippen LogP contribution in [-0.2, 0) is 0 Å². The van der Waals surface area contributed by atoms with E-state index in [1.165, 1.54) is 96.6 Å². The minimum Gasteiger partial charge on any atom is -0.365 e. The second kappa shape index (κ2) is 19.7. The van der Waals surface area contributed by atoms with E-state index in [2.05, 4.69) is 197 Å². The lowest BCUT2D eigenvalue weighted by Gasteiger charge is -2.45. The second-order valence-corrected chi connectivity index (χ2v) is 19.2. The van der Waals surface area contributed by atoms with Gasteiger partial charge in [-0.1, -0.05) is 104 Å². The summed E-state index contributed by atoms with van der Waals surface area (Å²) in [6.45, 7) is 5.63. The van der Waals surface area contributed by atoms with Crippen LogP contribution in [0.2, 0.25) is 0 Å².